The molecule has 2 unspecified atom stereocenters. The highest BCUT2D eigenvalue weighted by molar-refractivity contribution is 5.93. The summed E-state index contributed by atoms with van der Waals surface area (Å²) in [5.41, 5.74) is 0.640. The minimum Gasteiger partial charge on any atom is -0.356 e. The lowest BCUT2D eigenvalue weighted by molar-refractivity contribution is 0.0827. The average Bonchev–Trinajstić information content (AvgIpc) is 2.53. The number of anilines is 1. The topological polar surface area (TPSA) is 48.5 Å². The number of rotatable bonds is 4. The Morgan fingerprint density at radius 3 is 2.81 bits per heavy atom. The lowest BCUT2D eigenvalue weighted by atomic mass is 9.91. The van der Waals surface area contributed by atoms with Gasteiger partial charge in [-0.05, 0) is 44.9 Å². The number of aromatic nitrogens is 1. The van der Waals surface area contributed by atoms with Gasteiger partial charge in [-0.1, -0.05) is 0 Å². The van der Waals surface area contributed by atoms with Gasteiger partial charge in [0.2, 0.25) is 0 Å². The van der Waals surface area contributed by atoms with E-state index < -0.39 is 0 Å². The van der Waals surface area contributed by atoms with Crippen LogP contribution < -0.4 is 10.2 Å². The second-order valence-electron chi connectivity index (χ2n) is 6.03. The van der Waals surface area contributed by atoms with Gasteiger partial charge >= 0.3 is 0 Å². The largest absolute Gasteiger partial charge is 0.356 e. The monoisotopic (exact) mass is 290 g/mol. The van der Waals surface area contributed by atoms with Crippen molar-refractivity contribution >= 4 is 11.7 Å². The number of piperidine rings is 1. The second-order valence-corrected chi connectivity index (χ2v) is 6.03. The minimum absolute atomic E-state index is 0.00521. The van der Waals surface area contributed by atoms with Crippen molar-refractivity contribution in [3.8, 4) is 0 Å². The van der Waals surface area contributed by atoms with Crippen LogP contribution in [0.25, 0.3) is 0 Å². The van der Waals surface area contributed by atoms with Crippen LogP contribution in [0.3, 0.4) is 0 Å². The maximum atomic E-state index is 11.9. The van der Waals surface area contributed by atoms with Gasteiger partial charge in [0.15, 0.2) is 0 Å². The van der Waals surface area contributed by atoms with E-state index in [9.17, 15) is 4.79 Å². The van der Waals surface area contributed by atoms with Crippen LogP contribution in [-0.4, -0.2) is 56.1 Å². The van der Waals surface area contributed by atoms with Crippen molar-refractivity contribution in [3.05, 3.63) is 23.9 Å². The van der Waals surface area contributed by atoms with E-state index in [-0.39, 0.29) is 5.91 Å². The highest BCUT2D eigenvalue weighted by atomic mass is 16.2. The van der Waals surface area contributed by atoms with Gasteiger partial charge in [-0.3, -0.25) is 4.79 Å². The zero-order chi connectivity index (χ0) is 15.4. The standard InChI is InChI=1S/C16H26N4O/c1-12(17-2)14-6-5-9-20(11-14)15-8-7-13(10-18-15)16(21)19(3)4/h7-8,10,12,14,17H,5-6,9,11H2,1-4H3. The van der Waals surface area contributed by atoms with E-state index in [2.05, 4.69) is 22.1 Å². The summed E-state index contributed by atoms with van der Waals surface area (Å²) in [5.74, 6) is 1.61. The Labute approximate surface area is 127 Å². The fraction of sp³-hybridized carbons (Fsp3) is 0.625. The summed E-state index contributed by atoms with van der Waals surface area (Å²) in [6.45, 7) is 4.30. The van der Waals surface area contributed by atoms with Crippen LogP contribution in [-0.2, 0) is 0 Å². The first-order valence-corrected chi connectivity index (χ1v) is 7.63. The molecule has 2 rings (SSSR count). The molecule has 1 aromatic rings. The molecular weight excluding hydrogens is 264 g/mol. The molecule has 21 heavy (non-hydrogen) atoms. The Bertz CT molecular complexity index is 472. The molecular formula is C16H26N4O. The van der Waals surface area contributed by atoms with Crippen LogP contribution in [0, 0.1) is 5.92 Å². The first kappa shape index (κ1) is 15.8. The summed E-state index contributed by atoms with van der Waals surface area (Å²) < 4.78 is 0. The van der Waals surface area contributed by atoms with Crippen molar-refractivity contribution in [2.75, 3.05) is 39.1 Å². The number of nitrogens with zero attached hydrogens (tertiary/aromatic N) is 3. The highest BCUT2D eigenvalue weighted by Crippen LogP contribution is 2.23. The third kappa shape index (κ3) is 3.73. The molecule has 0 saturated carbocycles. The number of amides is 1. The molecule has 1 aliphatic heterocycles. The Morgan fingerprint density at radius 2 is 2.24 bits per heavy atom. The van der Waals surface area contributed by atoms with E-state index in [4.69, 9.17) is 0 Å². The summed E-state index contributed by atoms with van der Waals surface area (Å²) in [7, 11) is 5.53. The lowest BCUT2D eigenvalue weighted by Crippen LogP contribution is -2.43. The minimum atomic E-state index is -0.00521. The second kappa shape index (κ2) is 6.89. The smallest absolute Gasteiger partial charge is 0.254 e. The van der Waals surface area contributed by atoms with Crippen LogP contribution in [0.4, 0.5) is 5.82 Å². The first-order valence-electron chi connectivity index (χ1n) is 7.63. The molecule has 1 aromatic heterocycles. The van der Waals surface area contributed by atoms with E-state index in [1.807, 2.05) is 19.2 Å². The van der Waals surface area contributed by atoms with Gasteiger partial charge in [0.05, 0.1) is 5.56 Å². The number of nitrogens with one attached hydrogen (secondary N) is 1. The number of carbonyl (C=O) groups excluding carboxylic acids is 1. The van der Waals surface area contributed by atoms with Crippen LogP contribution in [0.5, 0.6) is 0 Å². The Morgan fingerprint density at radius 1 is 1.48 bits per heavy atom. The molecule has 1 amide bonds. The Balaban J connectivity index is 2.06. The van der Waals surface area contributed by atoms with E-state index in [1.165, 1.54) is 12.8 Å². The first-order chi connectivity index (χ1) is 10.0. The molecule has 2 atom stereocenters. The summed E-state index contributed by atoms with van der Waals surface area (Å²) in [4.78, 5) is 20.3. The predicted molar refractivity (Wildman–Crippen MR) is 85.7 cm³/mol. The van der Waals surface area contributed by atoms with Gasteiger partial charge in [0.1, 0.15) is 5.82 Å². The molecule has 1 aliphatic rings. The highest BCUT2D eigenvalue weighted by Gasteiger charge is 2.24. The summed E-state index contributed by atoms with van der Waals surface area (Å²) >= 11 is 0. The summed E-state index contributed by atoms with van der Waals surface area (Å²) in [5, 5.41) is 3.35. The molecule has 0 aliphatic carbocycles. The third-order valence-electron chi connectivity index (χ3n) is 4.35. The van der Waals surface area contributed by atoms with Crippen LogP contribution in [0.2, 0.25) is 0 Å². The zero-order valence-corrected chi connectivity index (χ0v) is 13.5. The number of hydrogen-bond acceptors (Lipinski definition) is 4. The van der Waals surface area contributed by atoms with Crippen molar-refractivity contribution in [2.24, 2.45) is 5.92 Å². The van der Waals surface area contributed by atoms with Crippen LogP contribution >= 0.6 is 0 Å². The van der Waals surface area contributed by atoms with Crippen molar-refractivity contribution in [1.82, 2.24) is 15.2 Å². The maximum Gasteiger partial charge on any atom is 0.254 e. The van der Waals surface area contributed by atoms with Crippen molar-refractivity contribution in [2.45, 2.75) is 25.8 Å². The quantitative estimate of drug-likeness (QED) is 0.915. The third-order valence-corrected chi connectivity index (χ3v) is 4.35. The fourth-order valence-corrected chi connectivity index (χ4v) is 2.82. The van der Waals surface area contributed by atoms with Crippen molar-refractivity contribution < 1.29 is 4.79 Å². The maximum absolute atomic E-state index is 11.9. The molecule has 116 valence electrons. The van der Waals surface area contributed by atoms with Gasteiger partial charge in [-0.25, -0.2) is 4.98 Å². The SMILES string of the molecule is CNC(C)C1CCCN(c2ccc(C(=O)N(C)C)cn2)C1. The predicted octanol–water partition coefficient (Wildman–Crippen LogP) is 1.61. The van der Waals surface area contributed by atoms with E-state index >= 15 is 0 Å². The van der Waals surface area contributed by atoms with E-state index in [0.29, 0.717) is 17.5 Å². The molecule has 0 radical (unpaired) electrons. The number of pyridine rings is 1. The molecule has 1 saturated heterocycles. The molecule has 0 aromatic carbocycles. The van der Waals surface area contributed by atoms with E-state index in [1.54, 1.807) is 25.2 Å². The Hall–Kier alpha value is -1.62. The van der Waals surface area contributed by atoms with Crippen molar-refractivity contribution in [1.29, 1.82) is 0 Å². The fourth-order valence-electron chi connectivity index (χ4n) is 2.82. The number of hydrogen-bond donors (Lipinski definition) is 1. The zero-order valence-electron chi connectivity index (χ0n) is 13.5. The van der Waals surface area contributed by atoms with E-state index in [0.717, 1.165) is 18.9 Å². The molecule has 1 N–H and O–H groups in total. The van der Waals surface area contributed by atoms with Gasteiger partial charge in [0, 0.05) is 39.4 Å². The Kier molecular flexibility index (Phi) is 5.17. The molecule has 5 nitrogen and oxygen atoms in total. The van der Waals surface area contributed by atoms with Crippen LogP contribution in [0.15, 0.2) is 18.3 Å². The summed E-state index contributed by atoms with van der Waals surface area (Å²) in [6, 6.07) is 4.35. The van der Waals surface area contributed by atoms with Gasteiger partial charge in [0.25, 0.3) is 5.91 Å². The van der Waals surface area contributed by atoms with Crippen molar-refractivity contribution in [3.63, 3.8) is 0 Å². The van der Waals surface area contributed by atoms with Gasteiger partial charge < -0.3 is 15.1 Å². The lowest BCUT2D eigenvalue weighted by Gasteiger charge is -2.36. The molecule has 0 bridgehead atoms. The number of carbonyl (C=O) groups is 1. The molecule has 1 fully saturated rings. The van der Waals surface area contributed by atoms with Crippen LogP contribution in [0.1, 0.15) is 30.1 Å². The average molecular weight is 290 g/mol. The van der Waals surface area contributed by atoms with Gasteiger partial charge in [-0.2, -0.15) is 0 Å². The van der Waals surface area contributed by atoms with Gasteiger partial charge in [-0.15, -0.1) is 0 Å². The molecule has 0 spiro atoms. The summed E-state index contributed by atoms with van der Waals surface area (Å²) in [6.07, 6.45) is 4.13. The normalized spacial score (nSPS) is 20.2. The molecule has 2 heterocycles. The molecule has 5 heteroatoms.